The van der Waals surface area contributed by atoms with Crippen molar-refractivity contribution >= 4 is 23.3 Å². The number of nitro groups is 2. The van der Waals surface area contributed by atoms with Crippen molar-refractivity contribution < 1.29 is 15.0 Å². The summed E-state index contributed by atoms with van der Waals surface area (Å²) >= 11 is 0. The van der Waals surface area contributed by atoms with Crippen LogP contribution in [0.3, 0.4) is 0 Å². The van der Waals surface area contributed by atoms with Gasteiger partial charge in [0, 0.05) is 30.0 Å². The van der Waals surface area contributed by atoms with E-state index in [1.54, 1.807) is 0 Å². The van der Waals surface area contributed by atoms with Gasteiger partial charge in [-0.25, -0.2) is 0 Å². The van der Waals surface area contributed by atoms with Gasteiger partial charge in [-0.3, -0.25) is 25.2 Å². The summed E-state index contributed by atoms with van der Waals surface area (Å²) in [6.45, 7) is 0. The van der Waals surface area contributed by atoms with E-state index in [0.717, 1.165) is 0 Å². The highest BCUT2D eigenvalue weighted by Gasteiger charge is 2.14. The zero-order valence-electron chi connectivity index (χ0n) is 10.5. The van der Waals surface area contributed by atoms with Gasteiger partial charge in [0.2, 0.25) is 5.75 Å². The summed E-state index contributed by atoms with van der Waals surface area (Å²) in [5, 5.41) is 30.9. The second kappa shape index (κ2) is 5.78. The maximum atomic E-state index is 10.7. The van der Waals surface area contributed by atoms with Gasteiger partial charge in [-0.15, -0.1) is 0 Å². The molecular weight excluding hydrogens is 278 g/mol. The van der Waals surface area contributed by atoms with Crippen molar-refractivity contribution in [2.24, 2.45) is 4.99 Å². The fraction of sp³-hybridized carbons (Fsp3) is 0. The average Bonchev–Trinajstić information content (AvgIpc) is 2.46. The molecule has 0 saturated heterocycles. The minimum absolute atomic E-state index is 0.0628. The molecule has 0 fully saturated rings. The maximum absolute atomic E-state index is 10.7. The van der Waals surface area contributed by atoms with Crippen LogP contribution in [0.5, 0.6) is 5.75 Å². The molecular formula is C13H9N3O5. The monoisotopic (exact) mass is 287 g/mol. The number of rotatable bonds is 4. The molecule has 0 saturated carbocycles. The van der Waals surface area contributed by atoms with E-state index in [9.17, 15) is 25.3 Å². The largest absolute Gasteiger partial charge is 0.502 e. The molecule has 1 N–H and O–H groups in total. The Morgan fingerprint density at radius 1 is 1.00 bits per heavy atom. The smallest absolute Gasteiger partial charge is 0.311 e. The van der Waals surface area contributed by atoms with Crippen LogP contribution >= 0.6 is 0 Å². The van der Waals surface area contributed by atoms with Crippen molar-refractivity contribution in [3.63, 3.8) is 0 Å². The Morgan fingerprint density at radius 3 is 2.24 bits per heavy atom. The molecule has 106 valence electrons. The van der Waals surface area contributed by atoms with E-state index >= 15 is 0 Å². The predicted molar refractivity (Wildman–Crippen MR) is 75.1 cm³/mol. The molecule has 21 heavy (non-hydrogen) atoms. The normalized spacial score (nSPS) is 10.7. The van der Waals surface area contributed by atoms with Crippen molar-refractivity contribution in [3.8, 4) is 5.75 Å². The van der Waals surface area contributed by atoms with Crippen LogP contribution in [0.15, 0.2) is 47.5 Å². The van der Waals surface area contributed by atoms with Gasteiger partial charge >= 0.3 is 5.69 Å². The summed E-state index contributed by atoms with van der Waals surface area (Å²) in [5.41, 5.74) is 0.129. The van der Waals surface area contributed by atoms with Crippen LogP contribution in [-0.4, -0.2) is 21.2 Å². The average molecular weight is 287 g/mol. The summed E-state index contributed by atoms with van der Waals surface area (Å²) < 4.78 is 0. The first kappa shape index (κ1) is 14.1. The number of phenols is 1. The van der Waals surface area contributed by atoms with E-state index in [4.69, 9.17) is 0 Å². The van der Waals surface area contributed by atoms with E-state index in [0.29, 0.717) is 5.69 Å². The Morgan fingerprint density at radius 2 is 1.67 bits per heavy atom. The lowest BCUT2D eigenvalue weighted by atomic mass is 10.2. The Balaban J connectivity index is 2.27. The first-order valence-electron chi connectivity index (χ1n) is 5.74. The Bertz CT molecular complexity index is 725. The third kappa shape index (κ3) is 3.18. The summed E-state index contributed by atoms with van der Waals surface area (Å²) in [4.78, 5) is 24.0. The van der Waals surface area contributed by atoms with Gasteiger partial charge in [0.15, 0.2) is 0 Å². The van der Waals surface area contributed by atoms with Crippen molar-refractivity contribution in [1.29, 1.82) is 0 Å². The molecule has 8 nitrogen and oxygen atoms in total. The number of aliphatic imine (C=N–C) groups is 1. The van der Waals surface area contributed by atoms with Gasteiger partial charge in [-0.1, -0.05) is 6.07 Å². The van der Waals surface area contributed by atoms with E-state index in [-0.39, 0.29) is 11.3 Å². The number of non-ortho nitro benzene ring substituents is 1. The van der Waals surface area contributed by atoms with Crippen molar-refractivity contribution in [2.45, 2.75) is 0 Å². The zero-order chi connectivity index (χ0) is 15.4. The van der Waals surface area contributed by atoms with Gasteiger partial charge in [0.25, 0.3) is 5.69 Å². The van der Waals surface area contributed by atoms with Crippen LogP contribution in [0.4, 0.5) is 17.1 Å². The number of hydrogen-bond acceptors (Lipinski definition) is 6. The predicted octanol–water partition coefficient (Wildman–Crippen LogP) is 2.96. The second-order valence-corrected chi connectivity index (χ2v) is 4.00. The topological polar surface area (TPSA) is 119 Å². The van der Waals surface area contributed by atoms with Crippen LogP contribution in [0.1, 0.15) is 5.56 Å². The fourth-order valence-electron chi connectivity index (χ4n) is 1.60. The van der Waals surface area contributed by atoms with Gasteiger partial charge in [-0.2, -0.15) is 0 Å². The van der Waals surface area contributed by atoms with Gasteiger partial charge < -0.3 is 5.11 Å². The number of hydrogen-bond donors (Lipinski definition) is 1. The minimum Gasteiger partial charge on any atom is -0.502 e. The molecule has 0 radical (unpaired) electrons. The van der Waals surface area contributed by atoms with E-state index < -0.39 is 21.3 Å². The molecule has 8 heteroatoms. The Kier molecular flexibility index (Phi) is 3.89. The first-order valence-corrected chi connectivity index (χ1v) is 5.74. The highest BCUT2D eigenvalue weighted by molar-refractivity contribution is 5.87. The van der Waals surface area contributed by atoms with Crippen molar-refractivity contribution in [2.75, 3.05) is 0 Å². The van der Waals surface area contributed by atoms with E-state index in [1.165, 1.54) is 48.7 Å². The number of nitro benzene ring substituents is 2. The molecule has 2 aromatic carbocycles. The third-order valence-corrected chi connectivity index (χ3v) is 2.66. The van der Waals surface area contributed by atoms with Crippen LogP contribution in [0.2, 0.25) is 0 Å². The van der Waals surface area contributed by atoms with Crippen molar-refractivity contribution in [3.05, 3.63) is 68.3 Å². The summed E-state index contributed by atoms with van der Waals surface area (Å²) in [5.74, 6) is -0.479. The second-order valence-electron chi connectivity index (χ2n) is 4.00. The molecule has 2 rings (SSSR count). The molecule has 0 atom stereocenters. The lowest BCUT2D eigenvalue weighted by Gasteiger charge is -1.99. The molecule has 0 unspecified atom stereocenters. The van der Waals surface area contributed by atoms with Crippen LogP contribution < -0.4 is 0 Å². The van der Waals surface area contributed by atoms with Gasteiger partial charge in [-0.05, 0) is 18.2 Å². The number of nitrogens with zero attached hydrogens (tertiary/aromatic N) is 3. The van der Waals surface area contributed by atoms with Crippen molar-refractivity contribution in [1.82, 2.24) is 0 Å². The molecule has 0 bridgehead atoms. The Labute approximate surface area is 118 Å². The standard InChI is InChI=1S/C13H9N3O5/c17-13-9(2-1-3-12(13)16(20)21)8-14-10-4-6-11(7-5-10)15(18)19/h1-8,17H. The summed E-state index contributed by atoms with van der Waals surface area (Å²) in [6.07, 6.45) is 1.25. The highest BCUT2D eigenvalue weighted by atomic mass is 16.6. The van der Waals surface area contributed by atoms with Gasteiger partial charge in [0.05, 0.1) is 15.5 Å². The lowest BCUT2D eigenvalue weighted by molar-refractivity contribution is -0.385. The van der Waals surface area contributed by atoms with E-state index in [2.05, 4.69) is 4.99 Å². The minimum atomic E-state index is -0.696. The van der Waals surface area contributed by atoms with Crippen LogP contribution in [0.25, 0.3) is 0 Å². The van der Waals surface area contributed by atoms with Gasteiger partial charge in [0.1, 0.15) is 0 Å². The molecule has 0 aliphatic rings. The Hall–Kier alpha value is -3.29. The molecule has 0 aromatic heterocycles. The highest BCUT2D eigenvalue weighted by Crippen LogP contribution is 2.28. The summed E-state index contributed by atoms with van der Waals surface area (Å²) in [7, 11) is 0. The molecule has 0 heterocycles. The molecule has 0 aliphatic heterocycles. The SMILES string of the molecule is O=[N+]([O-])c1ccc(N=Cc2cccc([N+](=O)[O-])c2O)cc1. The number of para-hydroxylation sites is 1. The number of benzene rings is 2. The van der Waals surface area contributed by atoms with Crippen LogP contribution in [0, 0.1) is 20.2 Å². The molecule has 2 aromatic rings. The van der Waals surface area contributed by atoms with E-state index in [1.807, 2.05) is 0 Å². The molecule has 0 spiro atoms. The number of aromatic hydroxyl groups is 1. The quantitative estimate of drug-likeness (QED) is 0.526. The lowest BCUT2D eigenvalue weighted by Crippen LogP contribution is -1.91. The fourth-order valence-corrected chi connectivity index (χ4v) is 1.60. The van der Waals surface area contributed by atoms with Crippen LogP contribution in [-0.2, 0) is 0 Å². The summed E-state index contributed by atoms with van der Waals surface area (Å²) in [6, 6.07) is 9.52. The zero-order valence-corrected chi connectivity index (χ0v) is 10.5. The first-order chi connectivity index (χ1) is 9.99. The molecule has 0 amide bonds. The third-order valence-electron chi connectivity index (χ3n) is 2.66. The molecule has 0 aliphatic carbocycles. The maximum Gasteiger partial charge on any atom is 0.311 e. The number of phenolic OH excluding ortho intramolecular Hbond substituents is 1.